The Morgan fingerprint density at radius 3 is 1.42 bits per heavy atom. The van der Waals surface area contributed by atoms with Crippen molar-refractivity contribution < 1.29 is 36.6 Å². The molecule has 1 aromatic rings. The number of carbonyl (C=O) groups excluding carboxylic acids is 2. The van der Waals surface area contributed by atoms with Crippen molar-refractivity contribution in [3.05, 3.63) is 33.4 Å². The van der Waals surface area contributed by atoms with Crippen LogP contribution in [0.15, 0.2) is 0 Å². The SMILES string of the molecule is COCc1c(CCF)c(CCF)c(COC(=O)C2C(C(C)=O)C2(C)C)c(CCF)c1CCF. The van der Waals surface area contributed by atoms with Crippen LogP contribution < -0.4 is 0 Å². The third-order valence-corrected chi connectivity index (χ3v) is 6.73. The molecule has 0 radical (unpaired) electrons. The van der Waals surface area contributed by atoms with E-state index in [-0.39, 0.29) is 44.7 Å². The molecular formula is C25H34F4O4. The van der Waals surface area contributed by atoms with E-state index < -0.39 is 49.9 Å². The fourth-order valence-electron chi connectivity index (χ4n) is 5.24. The normalized spacial score (nSPS) is 18.9. The van der Waals surface area contributed by atoms with Gasteiger partial charge in [0.15, 0.2) is 0 Å². The first-order chi connectivity index (χ1) is 15.7. The van der Waals surface area contributed by atoms with Crippen molar-refractivity contribution in [2.75, 3.05) is 33.8 Å². The smallest absolute Gasteiger partial charge is 0.310 e. The molecule has 2 atom stereocenters. The Bertz CT molecular complexity index is 816. The molecule has 2 unspecified atom stereocenters. The molecule has 8 heteroatoms. The standard InChI is InChI=1S/C25H34F4O4/c1-15(30)22-23(25(22,2)3)24(31)33-14-21-18(7-11-28)16(5-9-26)20(13-32-4)17(6-10-27)19(21)8-12-29/h22-23H,5-14H2,1-4H3. The molecule has 1 aromatic carbocycles. The molecule has 0 heterocycles. The van der Waals surface area contributed by atoms with E-state index in [1.165, 1.54) is 14.0 Å². The van der Waals surface area contributed by atoms with Gasteiger partial charge in [0.05, 0.1) is 39.2 Å². The van der Waals surface area contributed by atoms with E-state index in [4.69, 9.17) is 9.47 Å². The molecule has 0 N–H and O–H groups in total. The summed E-state index contributed by atoms with van der Waals surface area (Å²) in [7, 11) is 1.45. The molecule has 1 aliphatic carbocycles. The number of carbonyl (C=O) groups is 2. The molecule has 0 saturated heterocycles. The van der Waals surface area contributed by atoms with Gasteiger partial charge in [0.2, 0.25) is 0 Å². The predicted molar refractivity (Wildman–Crippen MR) is 117 cm³/mol. The van der Waals surface area contributed by atoms with Crippen LogP contribution in [0.4, 0.5) is 17.6 Å². The van der Waals surface area contributed by atoms with Crippen LogP contribution in [-0.2, 0) is 58.0 Å². The zero-order valence-corrected chi connectivity index (χ0v) is 19.9. The van der Waals surface area contributed by atoms with Crippen LogP contribution >= 0.6 is 0 Å². The number of halogens is 4. The summed E-state index contributed by atoms with van der Waals surface area (Å²) in [6.45, 7) is 1.91. The number of hydrogen-bond acceptors (Lipinski definition) is 4. The van der Waals surface area contributed by atoms with Crippen molar-refractivity contribution in [2.24, 2.45) is 17.3 Å². The van der Waals surface area contributed by atoms with Crippen molar-refractivity contribution in [1.29, 1.82) is 0 Å². The summed E-state index contributed by atoms with van der Waals surface area (Å²) in [5.74, 6) is -1.68. The second-order valence-electron chi connectivity index (χ2n) is 9.06. The van der Waals surface area contributed by atoms with Gasteiger partial charge >= 0.3 is 5.97 Å². The van der Waals surface area contributed by atoms with E-state index in [1.807, 2.05) is 13.8 Å². The molecule has 0 bridgehead atoms. The van der Waals surface area contributed by atoms with Gasteiger partial charge in [-0.1, -0.05) is 13.8 Å². The number of alkyl halides is 4. The summed E-state index contributed by atoms with van der Waals surface area (Å²) in [5, 5.41) is 0. The number of esters is 1. The van der Waals surface area contributed by atoms with Gasteiger partial charge < -0.3 is 9.47 Å². The molecular weight excluding hydrogens is 440 g/mol. The van der Waals surface area contributed by atoms with Crippen LogP contribution in [0.3, 0.4) is 0 Å². The Morgan fingerprint density at radius 2 is 1.12 bits per heavy atom. The summed E-state index contributed by atoms with van der Waals surface area (Å²) in [4.78, 5) is 24.6. The van der Waals surface area contributed by atoms with Gasteiger partial charge in [-0.15, -0.1) is 0 Å². The monoisotopic (exact) mass is 474 g/mol. The van der Waals surface area contributed by atoms with Crippen molar-refractivity contribution >= 4 is 11.8 Å². The molecule has 4 nitrogen and oxygen atoms in total. The molecule has 0 amide bonds. The van der Waals surface area contributed by atoms with E-state index in [1.54, 1.807) is 0 Å². The number of rotatable bonds is 14. The van der Waals surface area contributed by atoms with Gasteiger partial charge in [0.1, 0.15) is 12.4 Å². The first-order valence-electron chi connectivity index (χ1n) is 11.3. The largest absolute Gasteiger partial charge is 0.461 e. The summed E-state index contributed by atoms with van der Waals surface area (Å²) in [5.41, 5.74) is 2.36. The van der Waals surface area contributed by atoms with Crippen LogP contribution in [0.1, 0.15) is 54.2 Å². The summed E-state index contributed by atoms with van der Waals surface area (Å²) < 4.78 is 64.8. The Balaban J connectivity index is 2.56. The van der Waals surface area contributed by atoms with Crippen LogP contribution in [0.5, 0.6) is 0 Å². The summed E-state index contributed by atoms with van der Waals surface area (Å²) >= 11 is 0. The van der Waals surface area contributed by atoms with Crippen molar-refractivity contribution in [1.82, 2.24) is 0 Å². The highest BCUT2D eigenvalue weighted by atomic mass is 19.1. The molecule has 186 valence electrons. The van der Waals surface area contributed by atoms with Gasteiger partial charge in [-0.2, -0.15) is 0 Å². The van der Waals surface area contributed by atoms with Crippen LogP contribution in [0, 0.1) is 17.3 Å². The molecule has 1 aliphatic rings. The van der Waals surface area contributed by atoms with Crippen LogP contribution in [0.2, 0.25) is 0 Å². The van der Waals surface area contributed by atoms with Crippen molar-refractivity contribution in [3.8, 4) is 0 Å². The van der Waals surface area contributed by atoms with Crippen molar-refractivity contribution in [3.63, 3.8) is 0 Å². The molecule has 33 heavy (non-hydrogen) atoms. The molecule has 0 aromatic heterocycles. The predicted octanol–water partition coefficient (Wildman–Crippen LogP) is 4.79. The van der Waals surface area contributed by atoms with Gasteiger partial charge in [0, 0.05) is 38.7 Å². The maximum Gasteiger partial charge on any atom is 0.310 e. The Kier molecular flexibility index (Phi) is 9.88. The Hall–Kier alpha value is -1.96. The number of Topliss-reactive ketones (excluding diaryl/α,β-unsaturated/α-hetero) is 1. The number of ketones is 1. The number of ether oxygens (including phenoxy) is 2. The zero-order valence-electron chi connectivity index (χ0n) is 19.9. The lowest BCUT2D eigenvalue weighted by atomic mass is 9.82. The van der Waals surface area contributed by atoms with Gasteiger partial charge in [0.25, 0.3) is 0 Å². The number of methoxy groups -OCH3 is 1. The maximum absolute atomic E-state index is 13.5. The Morgan fingerprint density at radius 1 is 0.727 bits per heavy atom. The van der Waals surface area contributed by atoms with E-state index in [2.05, 4.69) is 0 Å². The first-order valence-corrected chi connectivity index (χ1v) is 11.3. The third kappa shape index (κ3) is 5.76. The highest BCUT2D eigenvalue weighted by Crippen LogP contribution is 2.59. The van der Waals surface area contributed by atoms with Crippen LogP contribution in [0.25, 0.3) is 0 Å². The number of hydrogen-bond donors (Lipinski definition) is 0. The second-order valence-corrected chi connectivity index (χ2v) is 9.06. The van der Waals surface area contributed by atoms with Gasteiger partial charge in [-0.3, -0.25) is 27.2 Å². The molecule has 1 saturated carbocycles. The van der Waals surface area contributed by atoms with E-state index in [9.17, 15) is 27.2 Å². The molecule has 2 rings (SSSR count). The highest BCUT2D eigenvalue weighted by Gasteiger charge is 2.65. The van der Waals surface area contributed by atoms with E-state index >= 15 is 0 Å². The quantitative estimate of drug-likeness (QED) is 0.288. The molecule has 0 spiro atoms. The van der Waals surface area contributed by atoms with Gasteiger partial charge in [-0.05, 0) is 45.7 Å². The average Bonchev–Trinajstić information content (AvgIpc) is 3.35. The summed E-state index contributed by atoms with van der Waals surface area (Å²) in [6, 6.07) is 0. The fraction of sp³-hybridized carbons (Fsp3) is 0.680. The van der Waals surface area contributed by atoms with Crippen LogP contribution in [-0.4, -0.2) is 45.6 Å². The number of benzene rings is 1. The zero-order chi connectivity index (χ0) is 24.8. The molecule has 0 aliphatic heterocycles. The lowest BCUT2D eigenvalue weighted by Crippen LogP contribution is -2.19. The summed E-state index contributed by atoms with van der Waals surface area (Å²) in [6.07, 6.45) is -0.212. The highest BCUT2D eigenvalue weighted by molar-refractivity contribution is 5.92. The third-order valence-electron chi connectivity index (χ3n) is 6.73. The lowest BCUT2D eigenvalue weighted by molar-refractivity contribution is -0.148. The second kappa shape index (κ2) is 12.0. The average molecular weight is 475 g/mol. The molecule has 1 fully saturated rings. The maximum atomic E-state index is 13.5. The lowest BCUT2D eigenvalue weighted by Gasteiger charge is -2.26. The minimum atomic E-state index is -0.744. The van der Waals surface area contributed by atoms with E-state index in [0.29, 0.717) is 33.4 Å². The van der Waals surface area contributed by atoms with Crippen molar-refractivity contribution in [2.45, 2.75) is 59.7 Å². The minimum absolute atomic E-state index is 0.0355. The fourth-order valence-corrected chi connectivity index (χ4v) is 5.24. The topological polar surface area (TPSA) is 52.6 Å². The van der Waals surface area contributed by atoms with E-state index in [0.717, 1.165) is 0 Å². The Labute approximate surface area is 193 Å². The van der Waals surface area contributed by atoms with Gasteiger partial charge in [-0.25, -0.2) is 0 Å². The minimum Gasteiger partial charge on any atom is -0.461 e. The first kappa shape index (κ1) is 27.3.